The van der Waals surface area contributed by atoms with Crippen LogP contribution in [0.1, 0.15) is 21.5 Å². The average molecular weight is 363 g/mol. The Bertz CT molecular complexity index is 993. The van der Waals surface area contributed by atoms with Crippen LogP contribution >= 0.6 is 11.6 Å². The van der Waals surface area contributed by atoms with Crippen molar-refractivity contribution in [2.24, 2.45) is 0 Å². The molecule has 6 heteroatoms. The summed E-state index contributed by atoms with van der Waals surface area (Å²) < 4.78 is 0. The van der Waals surface area contributed by atoms with E-state index in [0.29, 0.717) is 27.7 Å². The van der Waals surface area contributed by atoms with Crippen molar-refractivity contribution in [3.63, 3.8) is 0 Å². The minimum atomic E-state index is -0.268. The number of nitrogens with one attached hydrogen (secondary N) is 2. The first-order valence-corrected chi connectivity index (χ1v) is 8.24. The van der Waals surface area contributed by atoms with Gasteiger partial charge in [0.15, 0.2) is 0 Å². The molecule has 0 fully saturated rings. The van der Waals surface area contributed by atoms with Gasteiger partial charge in [-0.15, -0.1) is 0 Å². The van der Waals surface area contributed by atoms with Gasteiger partial charge in [0.2, 0.25) is 0 Å². The normalized spacial score (nSPS) is 10.0. The summed E-state index contributed by atoms with van der Waals surface area (Å²) in [4.78, 5) is 16.6. The van der Waals surface area contributed by atoms with E-state index in [0.717, 1.165) is 11.3 Å². The van der Waals surface area contributed by atoms with E-state index in [-0.39, 0.29) is 5.91 Å². The minimum Gasteiger partial charge on any atom is -0.340 e. The molecule has 128 valence electrons. The Balaban J connectivity index is 1.69. The van der Waals surface area contributed by atoms with Gasteiger partial charge in [0.05, 0.1) is 17.2 Å². The fourth-order valence-corrected chi connectivity index (χ4v) is 2.47. The van der Waals surface area contributed by atoms with Gasteiger partial charge in [0.1, 0.15) is 5.82 Å². The summed E-state index contributed by atoms with van der Waals surface area (Å²) in [5.41, 5.74) is 3.31. The molecule has 0 saturated carbocycles. The summed E-state index contributed by atoms with van der Waals surface area (Å²) in [6.07, 6.45) is 1.49. The van der Waals surface area contributed by atoms with Crippen LogP contribution in [0, 0.1) is 18.3 Å². The quantitative estimate of drug-likeness (QED) is 0.691. The van der Waals surface area contributed by atoms with Gasteiger partial charge in [0, 0.05) is 22.6 Å². The van der Waals surface area contributed by atoms with Gasteiger partial charge < -0.3 is 10.6 Å². The van der Waals surface area contributed by atoms with Crippen molar-refractivity contribution in [3.05, 3.63) is 82.5 Å². The number of carbonyl (C=O) groups excluding carboxylic acids is 1. The molecule has 0 radical (unpaired) electrons. The SMILES string of the molecule is Cc1ccc(NC(=O)c2ccc(Nc3cccc(C#N)c3)nc2)cc1Cl. The van der Waals surface area contributed by atoms with Crippen LogP contribution in [0.5, 0.6) is 0 Å². The predicted molar refractivity (Wildman–Crippen MR) is 103 cm³/mol. The molecule has 1 amide bonds. The number of nitrogens with zero attached hydrogens (tertiary/aromatic N) is 2. The largest absolute Gasteiger partial charge is 0.340 e. The van der Waals surface area contributed by atoms with Crippen LogP contribution in [0.25, 0.3) is 0 Å². The lowest BCUT2D eigenvalue weighted by atomic mass is 10.2. The molecule has 1 heterocycles. The molecule has 0 spiro atoms. The second-order valence-electron chi connectivity index (χ2n) is 5.67. The molecule has 0 bridgehead atoms. The highest BCUT2D eigenvalue weighted by atomic mass is 35.5. The number of carbonyl (C=O) groups is 1. The van der Waals surface area contributed by atoms with E-state index < -0.39 is 0 Å². The molecule has 0 aliphatic rings. The first-order chi connectivity index (χ1) is 12.5. The summed E-state index contributed by atoms with van der Waals surface area (Å²) in [7, 11) is 0. The predicted octanol–water partition coefficient (Wildman–Crippen LogP) is 4.91. The van der Waals surface area contributed by atoms with Crippen molar-refractivity contribution in [3.8, 4) is 6.07 Å². The lowest BCUT2D eigenvalue weighted by Crippen LogP contribution is -2.12. The van der Waals surface area contributed by atoms with Crippen molar-refractivity contribution in [2.75, 3.05) is 10.6 Å². The number of benzene rings is 2. The Morgan fingerprint density at radius 2 is 1.96 bits per heavy atom. The third-order valence-electron chi connectivity index (χ3n) is 3.72. The first kappa shape index (κ1) is 17.5. The van der Waals surface area contributed by atoms with Crippen LogP contribution in [0.4, 0.5) is 17.2 Å². The topological polar surface area (TPSA) is 77.8 Å². The van der Waals surface area contributed by atoms with Gasteiger partial charge in [-0.2, -0.15) is 5.26 Å². The zero-order valence-electron chi connectivity index (χ0n) is 14.0. The second kappa shape index (κ2) is 7.68. The Hall–Kier alpha value is -3.36. The van der Waals surface area contributed by atoms with E-state index in [1.807, 2.05) is 19.1 Å². The van der Waals surface area contributed by atoms with Crippen LogP contribution in [0.3, 0.4) is 0 Å². The summed E-state index contributed by atoms with van der Waals surface area (Å²) in [5.74, 6) is 0.311. The fourth-order valence-electron chi connectivity index (χ4n) is 2.29. The van der Waals surface area contributed by atoms with E-state index >= 15 is 0 Å². The second-order valence-corrected chi connectivity index (χ2v) is 6.08. The van der Waals surface area contributed by atoms with Gasteiger partial charge in [-0.3, -0.25) is 4.79 Å². The number of anilines is 3. The molecule has 2 aromatic carbocycles. The Morgan fingerprint density at radius 1 is 1.12 bits per heavy atom. The Labute approximate surface area is 156 Å². The third-order valence-corrected chi connectivity index (χ3v) is 4.13. The highest BCUT2D eigenvalue weighted by molar-refractivity contribution is 6.31. The minimum absolute atomic E-state index is 0.268. The number of amides is 1. The molecule has 0 atom stereocenters. The molecule has 0 saturated heterocycles. The Morgan fingerprint density at radius 3 is 2.65 bits per heavy atom. The van der Waals surface area contributed by atoms with E-state index in [1.54, 1.807) is 42.5 Å². The molecule has 0 aliphatic heterocycles. The van der Waals surface area contributed by atoms with Crippen molar-refractivity contribution in [2.45, 2.75) is 6.92 Å². The number of aromatic nitrogens is 1. The zero-order chi connectivity index (χ0) is 18.5. The van der Waals surface area contributed by atoms with Gasteiger partial charge in [-0.1, -0.05) is 23.7 Å². The molecule has 2 N–H and O–H groups in total. The fraction of sp³-hybridized carbons (Fsp3) is 0.0500. The zero-order valence-corrected chi connectivity index (χ0v) is 14.7. The summed E-state index contributed by atoms with van der Waals surface area (Å²) in [5, 5.41) is 15.4. The van der Waals surface area contributed by atoms with Crippen LogP contribution in [0.15, 0.2) is 60.8 Å². The lowest BCUT2D eigenvalue weighted by molar-refractivity contribution is 0.102. The van der Waals surface area contributed by atoms with Crippen molar-refractivity contribution in [1.29, 1.82) is 5.26 Å². The van der Waals surface area contributed by atoms with Gasteiger partial charge in [0.25, 0.3) is 5.91 Å². The maximum atomic E-state index is 12.3. The molecule has 0 aliphatic carbocycles. The molecule has 1 aromatic heterocycles. The summed E-state index contributed by atoms with van der Waals surface area (Å²) in [6, 6.07) is 17.9. The number of aryl methyl sites for hydroxylation is 1. The first-order valence-electron chi connectivity index (χ1n) is 7.86. The van der Waals surface area contributed by atoms with E-state index in [4.69, 9.17) is 16.9 Å². The van der Waals surface area contributed by atoms with Crippen molar-refractivity contribution >= 4 is 34.7 Å². The Kier molecular flexibility index (Phi) is 5.16. The maximum absolute atomic E-state index is 12.3. The number of rotatable bonds is 4. The van der Waals surface area contributed by atoms with Crippen molar-refractivity contribution < 1.29 is 4.79 Å². The number of halogens is 1. The number of hydrogen-bond donors (Lipinski definition) is 2. The summed E-state index contributed by atoms with van der Waals surface area (Å²) in [6.45, 7) is 1.90. The molecule has 0 unspecified atom stereocenters. The van der Waals surface area contributed by atoms with E-state index in [1.165, 1.54) is 6.20 Å². The van der Waals surface area contributed by atoms with Gasteiger partial charge >= 0.3 is 0 Å². The number of hydrogen-bond acceptors (Lipinski definition) is 4. The monoisotopic (exact) mass is 362 g/mol. The highest BCUT2D eigenvalue weighted by Crippen LogP contribution is 2.21. The van der Waals surface area contributed by atoms with Crippen LogP contribution in [0.2, 0.25) is 5.02 Å². The molecular weight excluding hydrogens is 348 g/mol. The maximum Gasteiger partial charge on any atom is 0.257 e. The van der Waals surface area contributed by atoms with Gasteiger partial charge in [-0.05, 0) is 55.0 Å². The molecule has 26 heavy (non-hydrogen) atoms. The third kappa shape index (κ3) is 4.18. The number of nitriles is 1. The van der Waals surface area contributed by atoms with Crippen molar-refractivity contribution in [1.82, 2.24) is 4.98 Å². The van der Waals surface area contributed by atoms with Gasteiger partial charge in [-0.25, -0.2) is 4.98 Å². The van der Waals surface area contributed by atoms with Crippen LogP contribution < -0.4 is 10.6 Å². The molecular formula is C20H15ClN4O. The summed E-state index contributed by atoms with van der Waals surface area (Å²) >= 11 is 6.07. The van der Waals surface area contributed by atoms with Crippen LogP contribution in [-0.2, 0) is 0 Å². The molecule has 3 aromatic rings. The van der Waals surface area contributed by atoms with E-state index in [9.17, 15) is 4.79 Å². The highest BCUT2D eigenvalue weighted by Gasteiger charge is 2.08. The standard InChI is InChI=1S/C20H15ClN4O/c1-13-5-7-17(10-18(13)21)25-20(26)15-6-8-19(23-12-15)24-16-4-2-3-14(9-16)11-22/h2-10,12H,1H3,(H,23,24)(H,25,26). The molecule has 5 nitrogen and oxygen atoms in total. The van der Waals surface area contributed by atoms with Crippen LogP contribution in [-0.4, -0.2) is 10.9 Å². The average Bonchev–Trinajstić information content (AvgIpc) is 2.65. The smallest absolute Gasteiger partial charge is 0.257 e. The van der Waals surface area contributed by atoms with E-state index in [2.05, 4.69) is 21.7 Å². The lowest BCUT2D eigenvalue weighted by Gasteiger charge is -2.08. The molecule has 3 rings (SSSR count). The number of pyridine rings is 1.